The Balaban J connectivity index is 1.19. The smallest absolute Gasteiger partial charge is 0.143 e. The van der Waals surface area contributed by atoms with E-state index in [1.165, 1.54) is 49.7 Å². The van der Waals surface area contributed by atoms with Gasteiger partial charge in [0, 0.05) is 32.8 Å². The van der Waals surface area contributed by atoms with E-state index in [4.69, 9.17) is 4.42 Å². The van der Waals surface area contributed by atoms with Gasteiger partial charge in [0.25, 0.3) is 0 Å². The molecule has 8 aromatic rings. The molecular weight excluding hydrogens is 486 g/mol. The maximum atomic E-state index is 6.28. The summed E-state index contributed by atoms with van der Waals surface area (Å²) in [6, 6.07) is 45.6. The summed E-state index contributed by atoms with van der Waals surface area (Å²) in [4.78, 5) is 0. The first-order chi connectivity index (χ1) is 19.7. The number of para-hydroxylation sites is 4. The molecule has 0 bridgehead atoms. The Bertz CT molecular complexity index is 2150. The molecule has 2 heterocycles. The maximum Gasteiger partial charge on any atom is 0.143 e. The number of aromatic nitrogens is 1. The SMILES string of the molecule is Cc1cccc2c3cccc(C)c3n(-c3ccc(-c4ccc(-c5cccc6c5oc5ccccc56)cc4)cc3)c12. The molecule has 0 saturated heterocycles. The molecule has 0 atom stereocenters. The molecule has 2 heteroatoms. The molecule has 0 aliphatic rings. The third kappa shape index (κ3) is 3.36. The minimum Gasteiger partial charge on any atom is -0.455 e. The van der Waals surface area contributed by atoms with Crippen LogP contribution >= 0.6 is 0 Å². The number of hydrogen-bond donors (Lipinski definition) is 0. The van der Waals surface area contributed by atoms with Gasteiger partial charge in [-0.1, -0.05) is 109 Å². The largest absolute Gasteiger partial charge is 0.455 e. The Kier molecular flexibility index (Phi) is 4.99. The summed E-state index contributed by atoms with van der Waals surface area (Å²) in [5.74, 6) is 0. The van der Waals surface area contributed by atoms with Crippen LogP contribution in [0.4, 0.5) is 0 Å². The molecule has 0 spiro atoms. The van der Waals surface area contributed by atoms with E-state index in [0.29, 0.717) is 0 Å². The van der Waals surface area contributed by atoms with Gasteiger partial charge in [0.1, 0.15) is 11.2 Å². The molecule has 190 valence electrons. The highest BCUT2D eigenvalue weighted by atomic mass is 16.3. The summed E-state index contributed by atoms with van der Waals surface area (Å²) in [6.45, 7) is 4.41. The molecule has 0 unspecified atom stereocenters. The Morgan fingerprint density at radius 1 is 0.450 bits per heavy atom. The predicted octanol–water partition coefficient (Wildman–Crippen LogP) is 10.6. The summed E-state index contributed by atoms with van der Waals surface area (Å²) >= 11 is 0. The summed E-state index contributed by atoms with van der Waals surface area (Å²) in [7, 11) is 0. The van der Waals surface area contributed by atoms with E-state index in [-0.39, 0.29) is 0 Å². The zero-order valence-corrected chi connectivity index (χ0v) is 22.5. The molecule has 2 aromatic heterocycles. The normalized spacial score (nSPS) is 11.8. The van der Waals surface area contributed by atoms with E-state index in [0.717, 1.165) is 33.1 Å². The van der Waals surface area contributed by atoms with Crippen LogP contribution in [0.5, 0.6) is 0 Å². The average Bonchev–Trinajstić information content (AvgIpc) is 3.55. The van der Waals surface area contributed by atoms with Crippen molar-refractivity contribution >= 4 is 43.7 Å². The van der Waals surface area contributed by atoms with Crippen molar-refractivity contribution in [3.8, 4) is 27.9 Å². The second-order valence-corrected chi connectivity index (χ2v) is 10.7. The monoisotopic (exact) mass is 513 g/mol. The molecule has 0 saturated carbocycles. The molecule has 0 N–H and O–H groups in total. The van der Waals surface area contributed by atoms with Gasteiger partial charge in [-0.2, -0.15) is 0 Å². The van der Waals surface area contributed by atoms with Crippen LogP contribution in [0.1, 0.15) is 11.1 Å². The Labute approximate surface area is 232 Å². The number of benzene rings is 6. The summed E-state index contributed by atoms with van der Waals surface area (Å²) in [5, 5.41) is 4.92. The van der Waals surface area contributed by atoms with Crippen molar-refractivity contribution in [1.82, 2.24) is 4.57 Å². The van der Waals surface area contributed by atoms with E-state index in [2.05, 4.69) is 134 Å². The van der Waals surface area contributed by atoms with Gasteiger partial charge in [0.15, 0.2) is 0 Å². The van der Waals surface area contributed by atoms with Crippen molar-refractivity contribution in [3.63, 3.8) is 0 Å². The van der Waals surface area contributed by atoms with Crippen LogP contribution in [0.15, 0.2) is 132 Å². The van der Waals surface area contributed by atoms with Crippen LogP contribution in [0.2, 0.25) is 0 Å². The van der Waals surface area contributed by atoms with Gasteiger partial charge in [-0.25, -0.2) is 0 Å². The Morgan fingerprint density at radius 2 is 0.975 bits per heavy atom. The summed E-state index contributed by atoms with van der Waals surface area (Å²) in [5.41, 5.74) is 12.8. The number of rotatable bonds is 3. The molecule has 40 heavy (non-hydrogen) atoms. The van der Waals surface area contributed by atoms with Crippen molar-refractivity contribution in [2.75, 3.05) is 0 Å². The third-order valence-corrected chi connectivity index (χ3v) is 8.27. The van der Waals surface area contributed by atoms with E-state index in [1.54, 1.807) is 0 Å². The van der Waals surface area contributed by atoms with E-state index in [1.807, 2.05) is 12.1 Å². The fraction of sp³-hybridized carbons (Fsp3) is 0.0526. The van der Waals surface area contributed by atoms with E-state index >= 15 is 0 Å². The molecule has 6 aromatic carbocycles. The highest BCUT2D eigenvalue weighted by Crippen LogP contribution is 2.38. The van der Waals surface area contributed by atoms with Crippen LogP contribution in [0.25, 0.3) is 71.7 Å². The lowest BCUT2D eigenvalue weighted by Gasteiger charge is -2.12. The minimum absolute atomic E-state index is 0.926. The van der Waals surface area contributed by atoms with Crippen LogP contribution in [-0.4, -0.2) is 4.57 Å². The third-order valence-electron chi connectivity index (χ3n) is 8.27. The van der Waals surface area contributed by atoms with Gasteiger partial charge in [0.05, 0.1) is 11.0 Å². The van der Waals surface area contributed by atoms with Crippen LogP contribution in [-0.2, 0) is 0 Å². The van der Waals surface area contributed by atoms with Gasteiger partial charge < -0.3 is 8.98 Å². The van der Waals surface area contributed by atoms with Crippen molar-refractivity contribution in [3.05, 3.63) is 139 Å². The number of nitrogens with zero attached hydrogens (tertiary/aromatic N) is 1. The van der Waals surface area contributed by atoms with E-state index in [9.17, 15) is 0 Å². The first kappa shape index (κ1) is 22.9. The zero-order chi connectivity index (χ0) is 26.8. The first-order valence-electron chi connectivity index (χ1n) is 13.8. The van der Waals surface area contributed by atoms with Crippen LogP contribution in [0.3, 0.4) is 0 Å². The summed E-state index contributed by atoms with van der Waals surface area (Å²) < 4.78 is 8.70. The highest BCUT2D eigenvalue weighted by molar-refractivity contribution is 6.11. The molecule has 0 radical (unpaired) electrons. The fourth-order valence-corrected chi connectivity index (χ4v) is 6.34. The molecule has 0 aliphatic heterocycles. The lowest BCUT2D eigenvalue weighted by Crippen LogP contribution is -1.96. The Hall–Kier alpha value is -5.08. The standard InChI is InChI=1S/C38H27NO/c1-24-8-5-12-32-33-13-6-9-25(2)37(33)39(36(24)32)29-22-20-27(21-23-29)26-16-18-28(19-17-26)30-11-7-14-34-31-10-3-4-15-35(31)40-38(30)34/h3-23H,1-2H3. The molecule has 0 aliphatic carbocycles. The quantitative estimate of drug-likeness (QED) is 0.230. The molecular formula is C38H27NO. The number of furan rings is 1. The lowest BCUT2D eigenvalue weighted by atomic mass is 9.98. The van der Waals surface area contributed by atoms with Gasteiger partial charge >= 0.3 is 0 Å². The van der Waals surface area contributed by atoms with Gasteiger partial charge in [0.2, 0.25) is 0 Å². The number of hydrogen-bond acceptors (Lipinski definition) is 1. The first-order valence-corrected chi connectivity index (χ1v) is 13.8. The topological polar surface area (TPSA) is 18.1 Å². The van der Waals surface area contributed by atoms with Crippen molar-refractivity contribution in [1.29, 1.82) is 0 Å². The van der Waals surface area contributed by atoms with Crippen LogP contribution in [0, 0.1) is 13.8 Å². The van der Waals surface area contributed by atoms with E-state index < -0.39 is 0 Å². The lowest BCUT2D eigenvalue weighted by molar-refractivity contribution is 0.670. The van der Waals surface area contributed by atoms with Crippen molar-refractivity contribution < 1.29 is 4.42 Å². The minimum atomic E-state index is 0.926. The van der Waals surface area contributed by atoms with Crippen molar-refractivity contribution in [2.24, 2.45) is 0 Å². The predicted molar refractivity (Wildman–Crippen MR) is 168 cm³/mol. The van der Waals surface area contributed by atoms with Crippen molar-refractivity contribution in [2.45, 2.75) is 13.8 Å². The molecule has 8 rings (SSSR count). The molecule has 2 nitrogen and oxygen atoms in total. The fourth-order valence-electron chi connectivity index (χ4n) is 6.34. The Morgan fingerprint density at radius 3 is 1.65 bits per heavy atom. The second kappa shape index (κ2) is 8.72. The average molecular weight is 514 g/mol. The van der Waals surface area contributed by atoms with Crippen LogP contribution < -0.4 is 0 Å². The summed E-state index contributed by atoms with van der Waals surface area (Å²) in [6.07, 6.45) is 0. The number of aryl methyl sites for hydroxylation is 2. The highest BCUT2D eigenvalue weighted by Gasteiger charge is 2.16. The van der Waals surface area contributed by atoms with Gasteiger partial charge in [-0.3, -0.25) is 0 Å². The second-order valence-electron chi connectivity index (χ2n) is 10.7. The number of fused-ring (bicyclic) bond motifs is 6. The zero-order valence-electron chi connectivity index (χ0n) is 22.5. The molecule has 0 amide bonds. The van der Waals surface area contributed by atoms with Gasteiger partial charge in [-0.15, -0.1) is 0 Å². The maximum absolute atomic E-state index is 6.28. The molecule has 0 fully saturated rings. The van der Waals surface area contributed by atoms with Gasteiger partial charge in [-0.05, 0) is 59.9 Å².